The zero-order chi connectivity index (χ0) is 25.6. The molecule has 1 aliphatic carbocycles. The minimum atomic E-state index is -1.83. The Labute approximate surface area is 211 Å². The van der Waals surface area contributed by atoms with Crippen molar-refractivity contribution < 1.29 is 18.3 Å². The summed E-state index contributed by atoms with van der Waals surface area (Å²) in [5.74, 6) is -0.539. The minimum Gasteiger partial charge on any atom is -0.466 e. The molecule has 0 fully saturated rings. The van der Waals surface area contributed by atoms with E-state index < -0.39 is 8.32 Å². The highest BCUT2D eigenvalue weighted by molar-refractivity contribution is 6.74. The van der Waals surface area contributed by atoms with Gasteiger partial charge in [0.2, 0.25) is 0 Å². The van der Waals surface area contributed by atoms with E-state index in [0.717, 1.165) is 43.5 Å². The standard InChI is InChI=1S/C29H40FNO3Si/c1-29(2,3)35(5,6)34-19-18-31(17-16-22-8-7-9-25(30)21-22)27-14-12-24-20-23(10-13-26(24)27)11-15-28(32)33-4/h7-11,13,15,20-21,27H,12,14,16-19H2,1-6H3/b15-11+. The van der Waals surface area contributed by atoms with E-state index >= 15 is 0 Å². The van der Waals surface area contributed by atoms with Gasteiger partial charge < -0.3 is 9.16 Å². The van der Waals surface area contributed by atoms with Crippen molar-refractivity contribution in [1.29, 1.82) is 0 Å². The van der Waals surface area contributed by atoms with Gasteiger partial charge in [-0.05, 0) is 77.9 Å². The molecule has 1 unspecified atom stereocenters. The van der Waals surface area contributed by atoms with Gasteiger partial charge >= 0.3 is 5.97 Å². The van der Waals surface area contributed by atoms with Crippen molar-refractivity contribution in [3.05, 3.63) is 76.6 Å². The van der Waals surface area contributed by atoms with Crippen molar-refractivity contribution >= 4 is 20.4 Å². The first-order valence-electron chi connectivity index (χ1n) is 12.5. The average Bonchev–Trinajstić information content (AvgIpc) is 3.22. The number of carbonyl (C=O) groups excluding carboxylic acids is 1. The van der Waals surface area contributed by atoms with Crippen LogP contribution in [0.2, 0.25) is 18.1 Å². The Morgan fingerprint density at radius 2 is 1.94 bits per heavy atom. The lowest BCUT2D eigenvalue weighted by molar-refractivity contribution is -0.134. The van der Waals surface area contributed by atoms with Crippen LogP contribution in [0.4, 0.5) is 4.39 Å². The minimum absolute atomic E-state index is 0.174. The number of halogens is 1. The SMILES string of the molecule is COC(=O)/C=C/c1ccc2c(c1)CCC2N(CCO[Si](C)(C)C(C)(C)C)CCc1cccc(F)c1. The number of benzene rings is 2. The molecule has 0 spiro atoms. The van der Waals surface area contributed by atoms with Crippen molar-refractivity contribution in [3.63, 3.8) is 0 Å². The van der Waals surface area contributed by atoms with Crippen LogP contribution in [0.25, 0.3) is 6.08 Å². The van der Waals surface area contributed by atoms with Gasteiger partial charge in [0.15, 0.2) is 8.32 Å². The molecule has 2 aromatic carbocycles. The third-order valence-electron chi connectivity index (χ3n) is 7.49. The van der Waals surface area contributed by atoms with Crippen LogP contribution in [0.3, 0.4) is 0 Å². The molecule has 0 heterocycles. The number of fused-ring (bicyclic) bond motifs is 1. The van der Waals surface area contributed by atoms with E-state index in [-0.39, 0.29) is 16.8 Å². The molecule has 6 heteroatoms. The Bertz CT molecular complexity index is 1040. The van der Waals surface area contributed by atoms with E-state index in [1.807, 2.05) is 6.07 Å². The maximum Gasteiger partial charge on any atom is 0.330 e. The van der Waals surface area contributed by atoms with E-state index in [0.29, 0.717) is 12.6 Å². The van der Waals surface area contributed by atoms with Crippen LogP contribution in [-0.4, -0.2) is 46.0 Å². The van der Waals surface area contributed by atoms with Crippen LogP contribution in [0, 0.1) is 5.82 Å². The first-order chi connectivity index (χ1) is 16.5. The number of carbonyl (C=O) groups is 1. The monoisotopic (exact) mass is 497 g/mol. The zero-order valence-corrected chi connectivity index (χ0v) is 23.1. The van der Waals surface area contributed by atoms with Gasteiger partial charge in [0.1, 0.15) is 5.82 Å². The van der Waals surface area contributed by atoms with Crippen molar-refractivity contribution in [2.45, 2.75) is 64.2 Å². The molecule has 35 heavy (non-hydrogen) atoms. The van der Waals surface area contributed by atoms with Crippen molar-refractivity contribution in [2.24, 2.45) is 0 Å². The molecule has 0 saturated heterocycles. The summed E-state index contributed by atoms with van der Waals surface area (Å²) >= 11 is 0. The Morgan fingerprint density at radius 3 is 2.63 bits per heavy atom. The molecular formula is C29H40FNO3Si. The molecule has 190 valence electrons. The van der Waals surface area contributed by atoms with Gasteiger partial charge in [0, 0.05) is 31.8 Å². The molecule has 0 amide bonds. The predicted octanol–water partition coefficient (Wildman–Crippen LogP) is 6.57. The Morgan fingerprint density at radius 1 is 1.17 bits per heavy atom. The topological polar surface area (TPSA) is 38.8 Å². The summed E-state index contributed by atoms with van der Waals surface area (Å²) in [5, 5.41) is 0.174. The third kappa shape index (κ3) is 7.35. The lowest BCUT2D eigenvalue weighted by Crippen LogP contribution is -2.43. The fourth-order valence-electron chi connectivity index (χ4n) is 4.35. The van der Waals surface area contributed by atoms with Crippen molar-refractivity contribution in [1.82, 2.24) is 4.90 Å². The van der Waals surface area contributed by atoms with Crippen LogP contribution in [0.15, 0.2) is 48.5 Å². The number of ether oxygens (including phenoxy) is 1. The number of esters is 1. The van der Waals surface area contributed by atoms with Crippen LogP contribution >= 0.6 is 0 Å². The normalized spacial score (nSPS) is 16.2. The van der Waals surface area contributed by atoms with Crippen LogP contribution in [0.5, 0.6) is 0 Å². The molecule has 0 aromatic heterocycles. The summed E-state index contributed by atoms with van der Waals surface area (Å²) in [6.07, 6.45) is 6.09. The summed E-state index contributed by atoms with van der Waals surface area (Å²) < 4.78 is 25.0. The van der Waals surface area contributed by atoms with E-state index in [1.54, 1.807) is 18.2 Å². The fourth-order valence-corrected chi connectivity index (χ4v) is 5.39. The number of hydrogen-bond donors (Lipinski definition) is 0. The number of nitrogens with zero attached hydrogens (tertiary/aromatic N) is 1. The van der Waals surface area contributed by atoms with Gasteiger partial charge in [-0.3, -0.25) is 4.90 Å². The van der Waals surface area contributed by atoms with Crippen LogP contribution in [-0.2, 0) is 26.8 Å². The first kappa shape index (κ1) is 27.3. The summed E-state index contributed by atoms with van der Waals surface area (Å²) in [7, 11) is -0.446. The van der Waals surface area contributed by atoms with E-state index in [9.17, 15) is 9.18 Å². The van der Waals surface area contributed by atoms with Gasteiger partial charge in [0.05, 0.1) is 7.11 Å². The molecule has 3 rings (SSSR count). The number of methoxy groups -OCH3 is 1. The molecule has 2 aromatic rings. The fraction of sp³-hybridized carbons (Fsp3) is 0.483. The third-order valence-corrected chi connectivity index (χ3v) is 12.0. The van der Waals surface area contributed by atoms with Crippen LogP contribution in [0.1, 0.15) is 55.5 Å². The number of aryl methyl sites for hydroxylation is 1. The van der Waals surface area contributed by atoms with Gasteiger partial charge in [0.25, 0.3) is 0 Å². The molecule has 0 N–H and O–H groups in total. The Hall–Kier alpha value is -2.28. The second-order valence-electron chi connectivity index (χ2n) is 10.9. The molecular weight excluding hydrogens is 457 g/mol. The molecule has 0 radical (unpaired) electrons. The molecule has 0 aliphatic heterocycles. The summed E-state index contributed by atoms with van der Waals surface area (Å²) in [6, 6.07) is 13.6. The molecule has 1 atom stereocenters. The second kappa shape index (κ2) is 11.6. The number of hydrogen-bond acceptors (Lipinski definition) is 4. The summed E-state index contributed by atoms with van der Waals surface area (Å²) in [4.78, 5) is 14.0. The molecule has 1 aliphatic rings. The highest BCUT2D eigenvalue weighted by Crippen LogP contribution is 2.38. The lowest BCUT2D eigenvalue weighted by Gasteiger charge is -2.37. The quantitative estimate of drug-likeness (QED) is 0.212. The predicted molar refractivity (Wildman–Crippen MR) is 143 cm³/mol. The molecule has 0 saturated carbocycles. The van der Waals surface area contributed by atoms with E-state index in [1.165, 1.54) is 30.4 Å². The largest absolute Gasteiger partial charge is 0.466 e. The van der Waals surface area contributed by atoms with Crippen LogP contribution < -0.4 is 0 Å². The molecule has 0 bridgehead atoms. The second-order valence-corrected chi connectivity index (χ2v) is 15.7. The smallest absolute Gasteiger partial charge is 0.330 e. The van der Waals surface area contributed by atoms with Crippen molar-refractivity contribution in [3.8, 4) is 0 Å². The first-order valence-corrected chi connectivity index (χ1v) is 15.4. The van der Waals surface area contributed by atoms with E-state index in [2.05, 4.69) is 57.0 Å². The lowest BCUT2D eigenvalue weighted by atomic mass is 10.0. The zero-order valence-electron chi connectivity index (χ0n) is 22.1. The number of rotatable bonds is 10. The maximum absolute atomic E-state index is 13.7. The van der Waals surface area contributed by atoms with Crippen molar-refractivity contribution in [2.75, 3.05) is 26.8 Å². The summed E-state index contributed by atoms with van der Waals surface area (Å²) in [6.45, 7) is 13.8. The summed E-state index contributed by atoms with van der Waals surface area (Å²) in [5.41, 5.74) is 4.68. The maximum atomic E-state index is 13.7. The highest BCUT2D eigenvalue weighted by Gasteiger charge is 2.37. The van der Waals surface area contributed by atoms with Gasteiger partial charge in [-0.25, -0.2) is 9.18 Å². The Balaban J connectivity index is 1.76. The van der Waals surface area contributed by atoms with Gasteiger partial charge in [-0.15, -0.1) is 0 Å². The highest BCUT2D eigenvalue weighted by atomic mass is 28.4. The van der Waals surface area contributed by atoms with Gasteiger partial charge in [-0.2, -0.15) is 0 Å². The Kier molecular flexibility index (Phi) is 9.08. The van der Waals surface area contributed by atoms with E-state index in [4.69, 9.17) is 9.16 Å². The average molecular weight is 498 g/mol. The molecule has 4 nitrogen and oxygen atoms in total. The van der Waals surface area contributed by atoms with Gasteiger partial charge in [-0.1, -0.05) is 51.1 Å².